The van der Waals surface area contributed by atoms with Crippen LogP contribution >= 0.6 is 0 Å². The van der Waals surface area contributed by atoms with Crippen LogP contribution in [-0.2, 0) is 16.6 Å². The molecule has 0 atom stereocenters. The van der Waals surface area contributed by atoms with E-state index < -0.39 is 10.0 Å². The van der Waals surface area contributed by atoms with E-state index in [0.717, 1.165) is 64.1 Å². The quantitative estimate of drug-likeness (QED) is 0.624. The van der Waals surface area contributed by atoms with E-state index >= 15 is 0 Å². The van der Waals surface area contributed by atoms with Gasteiger partial charge >= 0.3 is 0 Å². The highest BCUT2D eigenvalue weighted by molar-refractivity contribution is 7.89. The van der Waals surface area contributed by atoms with Gasteiger partial charge in [0.1, 0.15) is 0 Å². The van der Waals surface area contributed by atoms with Crippen LogP contribution in [0.2, 0.25) is 0 Å². The largest absolute Gasteiger partial charge is 0.351 e. The van der Waals surface area contributed by atoms with Crippen molar-refractivity contribution < 1.29 is 13.2 Å². The molecule has 1 N–H and O–H groups in total. The average Bonchev–Trinajstić information content (AvgIpc) is 2.86. The molecule has 0 aliphatic carbocycles. The second kappa shape index (κ2) is 11.4. The van der Waals surface area contributed by atoms with Crippen LogP contribution in [0.4, 0.5) is 0 Å². The van der Waals surface area contributed by atoms with Gasteiger partial charge in [0, 0.05) is 64.5 Å². The Morgan fingerprint density at radius 2 is 1.56 bits per heavy atom. The van der Waals surface area contributed by atoms with Crippen molar-refractivity contribution >= 4 is 15.9 Å². The molecule has 2 fully saturated rings. The van der Waals surface area contributed by atoms with E-state index in [1.807, 2.05) is 13.0 Å². The first-order valence-corrected chi connectivity index (χ1v) is 13.7. The lowest BCUT2D eigenvalue weighted by molar-refractivity contribution is 0.0933. The van der Waals surface area contributed by atoms with Gasteiger partial charge in [-0.25, -0.2) is 8.42 Å². The molecule has 2 aliphatic heterocycles. The molecule has 2 aliphatic rings. The molecular formula is C26H36N4O3S. The molecule has 2 saturated heterocycles. The molecule has 8 heteroatoms. The first-order chi connectivity index (χ1) is 16.4. The van der Waals surface area contributed by atoms with E-state index in [4.69, 9.17) is 0 Å². The number of hydrogen-bond acceptors (Lipinski definition) is 5. The van der Waals surface area contributed by atoms with Gasteiger partial charge in [-0.15, -0.1) is 0 Å². The Morgan fingerprint density at radius 3 is 2.26 bits per heavy atom. The lowest BCUT2D eigenvalue weighted by atomic mass is 10.1. The van der Waals surface area contributed by atoms with Crippen LogP contribution in [0.15, 0.2) is 53.4 Å². The van der Waals surface area contributed by atoms with Crippen LogP contribution in [0.1, 0.15) is 40.7 Å². The van der Waals surface area contributed by atoms with E-state index in [0.29, 0.717) is 25.2 Å². The fourth-order valence-corrected chi connectivity index (χ4v) is 6.24. The van der Waals surface area contributed by atoms with Crippen molar-refractivity contribution in [1.29, 1.82) is 0 Å². The number of carbonyl (C=O) groups excluding carboxylic acids is 1. The van der Waals surface area contributed by atoms with Crippen LogP contribution in [0.25, 0.3) is 0 Å². The van der Waals surface area contributed by atoms with Crippen molar-refractivity contribution in [2.45, 2.75) is 37.6 Å². The number of carbonyl (C=O) groups is 1. The number of aryl methyl sites for hydroxylation is 1. The molecule has 0 unspecified atom stereocenters. The number of sulfonamides is 1. The summed E-state index contributed by atoms with van der Waals surface area (Å²) in [5.41, 5.74) is 2.55. The standard InChI is InChI=1S/C26H36N4O3S/c1-22-10-11-24(34(32,33)30-13-6-3-7-14-30)20-25(22)26(31)27-12-15-28-16-18-29(19-17-28)21-23-8-4-2-5-9-23/h2,4-5,8-11,20H,3,6-7,12-19,21H2,1H3,(H,27,31). The van der Waals surface area contributed by atoms with Gasteiger partial charge < -0.3 is 5.32 Å². The van der Waals surface area contributed by atoms with E-state index in [9.17, 15) is 13.2 Å². The Morgan fingerprint density at radius 1 is 0.882 bits per heavy atom. The summed E-state index contributed by atoms with van der Waals surface area (Å²) >= 11 is 0. The topological polar surface area (TPSA) is 73.0 Å². The minimum Gasteiger partial charge on any atom is -0.351 e. The van der Waals surface area contributed by atoms with Gasteiger partial charge in [0.2, 0.25) is 10.0 Å². The van der Waals surface area contributed by atoms with Gasteiger partial charge in [0.25, 0.3) is 5.91 Å². The second-order valence-corrected chi connectivity index (χ2v) is 11.2. The molecule has 2 aromatic rings. The lowest BCUT2D eigenvalue weighted by Crippen LogP contribution is -2.48. The molecule has 1 amide bonds. The van der Waals surface area contributed by atoms with Crippen LogP contribution in [0.5, 0.6) is 0 Å². The molecule has 7 nitrogen and oxygen atoms in total. The Bertz CT molecular complexity index is 1060. The summed E-state index contributed by atoms with van der Waals surface area (Å²) in [5, 5.41) is 2.99. The summed E-state index contributed by atoms with van der Waals surface area (Å²) in [5.74, 6) is -0.212. The molecular weight excluding hydrogens is 448 g/mol. The van der Waals surface area contributed by atoms with E-state index in [2.05, 4.69) is 39.4 Å². The Hall–Kier alpha value is -2.26. The lowest BCUT2D eigenvalue weighted by Gasteiger charge is -2.34. The second-order valence-electron chi connectivity index (χ2n) is 9.30. The summed E-state index contributed by atoms with van der Waals surface area (Å²) in [7, 11) is -3.56. The highest BCUT2D eigenvalue weighted by atomic mass is 32.2. The van der Waals surface area contributed by atoms with Gasteiger partial charge in [0.05, 0.1) is 4.90 Å². The number of nitrogens with one attached hydrogen (secondary N) is 1. The molecule has 184 valence electrons. The summed E-state index contributed by atoms with van der Waals surface area (Å²) in [6.07, 6.45) is 2.84. The molecule has 0 aromatic heterocycles. The van der Waals surface area contributed by atoms with Crippen LogP contribution in [0, 0.1) is 6.92 Å². The zero-order valence-electron chi connectivity index (χ0n) is 20.1. The maximum absolute atomic E-state index is 13.0. The third-order valence-electron chi connectivity index (χ3n) is 6.83. The van der Waals surface area contributed by atoms with Crippen LogP contribution < -0.4 is 5.32 Å². The maximum Gasteiger partial charge on any atom is 0.251 e. The summed E-state index contributed by atoms with van der Waals surface area (Å²) in [4.78, 5) is 17.9. The maximum atomic E-state index is 13.0. The Balaban J connectivity index is 1.27. The van der Waals surface area contributed by atoms with E-state index in [-0.39, 0.29) is 10.8 Å². The predicted molar refractivity (Wildman–Crippen MR) is 134 cm³/mol. The average molecular weight is 485 g/mol. The number of rotatable bonds is 8. The summed E-state index contributed by atoms with van der Waals surface area (Å²) in [6.45, 7) is 9.23. The smallest absolute Gasteiger partial charge is 0.251 e. The van der Waals surface area contributed by atoms with Crippen molar-refractivity contribution in [2.24, 2.45) is 0 Å². The summed E-state index contributed by atoms with van der Waals surface area (Å²) < 4.78 is 27.6. The van der Waals surface area contributed by atoms with Gasteiger partial charge in [-0.3, -0.25) is 14.6 Å². The molecule has 0 bridgehead atoms. The number of nitrogens with zero attached hydrogens (tertiary/aromatic N) is 3. The van der Waals surface area contributed by atoms with Crippen LogP contribution in [-0.4, -0.2) is 80.8 Å². The molecule has 0 saturated carbocycles. The zero-order valence-corrected chi connectivity index (χ0v) is 20.9. The Kier molecular flexibility index (Phi) is 8.37. The number of piperazine rings is 1. The monoisotopic (exact) mass is 484 g/mol. The molecule has 2 heterocycles. The highest BCUT2D eigenvalue weighted by Gasteiger charge is 2.27. The highest BCUT2D eigenvalue weighted by Crippen LogP contribution is 2.23. The normalized spacial score (nSPS) is 18.6. The number of piperidine rings is 1. The number of benzene rings is 2. The Labute approximate surface area is 203 Å². The molecule has 0 spiro atoms. The van der Waals surface area contributed by atoms with Gasteiger partial charge in [-0.1, -0.05) is 42.8 Å². The molecule has 2 aromatic carbocycles. The van der Waals surface area contributed by atoms with Crippen molar-refractivity contribution in [2.75, 3.05) is 52.4 Å². The molecule has 4 rings (SSSR count). The van der Waals surface area contributed by atoms with Gasteiger partial charge in [0.15, 0.2) is 0 Å². The first kappa shape index (κ1) is 24.9. The predicted octanol–water partition coefficient (Wildman–Crippen LogP) is 2.72. The number of hydrogen-bond donors (Lipinski definition) is 1. The van der Waals surface area contributed by atoms with Gasteiger partial charge in [-0.05, 0) is 43.0 Å². The zero-order chi connectivity index (χ0) is 24.0. The van der Waals surface area contributed by atoms with Crippen molar-refractivity contribution in [3.05, 3.63) is 65.2 Å². The van der Waals surface area contributed by atoms with E-state index in [1.165, 1.54) is 11.6 Å². The van der Waals surface area contributed by atoms with Crippen molar-refractivity contribution in [1.82, 2.24) is 19.4 Å². The third kappa shape index (κ3) is 6.24. The summed E-state index contributed by atoms with van der Waals surface area (Å²) in [6, 6.07) is 15.4. The first-order valence-electron chi connectivity index (χ1n) is 12.3. The fourth-order valence-electron chi connectivity index (χ4n) is 4.70. The SMILES string of the molecule is Cc1ccc(S(=O)(=O)N2CCCCC2)cc1C(=O)NCCN1CCN(Cc2ccccc2)CC1. The van der Waals surface area contributed by atoms with E-state index in [1.54, 1.807) is 16.4 Å². The van der Waals surface area contributed by atoms with Crippen molar-refractivity contribution in [3.63, 3.8) is 0 Å². The molecule has 0 radical (unpaired) electrons. The minimum absolute atomic E-state index is 0.208. The van der Waals surface area contributed by atoms with Gasteiger partial charge in [-0.2, -0.15) is 4.31 Å². The molecule has 34 heavy (non-hydrogen) atoms. The number of amides is 1. The minimum atomic E-state index is -3.56. The fraction of sp³-hybridized carbons (Fsp3) is 0.500. The third-order valence-corrected chi connectivity index (χ3v) is 8.73. The van der Waals surface area contributed by atoms with Crippen molar-refractivity contribution in [3.8, 4) is 0 Å². The van der Waals surface area contributed by atoms with Crippen LogP contribution in [0.3, 0.4) is 0 Å².